The van der Waals surface area contributed by atoms with Gasteiger partial charge in [-0.1, -0.05) is 0 Å². The second kappa shape index (κ2) is 5.38. The number of nitrogens with zero attached hydrogens (tertiary/aromatic N) is 3. The zero-order valence-corrected chi connectivity index (χ0v) is 13.1. The molecule has 7 heteroatoms. The molecule has 0 saturated carbocycles. The van der Waals surface area contributed by atoms with E-state index < -0.39 is 0 Å². The first-order valence-electron chi connectivity index (χ1n) is 7.30. The Labute approximate surface area is 136 Å². The van der Waals surface area contributed by atoms with Crippen LogP contribution in [0.15, 0.2) is 47.5 Å². The highest BCUT2D eigenvalue weighted by atomic mass is 16.5. The van der Waals surface area contributed by atoms with Crippen LogP contribution >= 0.6 is 0 Å². The van der Waals surface area contributed by atoms with Gasteiger partial charge in [-0.3, -0.25) is 4.79 Å². The van der Waals surface area contributed by atoms with Crippen molar-refractivity contribution in [2.75, 3.05) is 14.2 Å². The van der Waals surface area contributed by atoms with Crippen LogP contribution in [0.4, 0.5) is 0 Å². The molecule has 0 fully saturated rings. The van der Waals surface area contributed by atoms with Crippen LogP contribution in [0.3, 0.4) is 0 Å². The van der Waals surface area contributed by atoms with Gasteiger partial charge in [0.05, 0.1) is 31.0 Å². The minimum absolute atomic E-state index is 0.191. The first-order chi connectivity index (χ1) is 11.7. The van der Waals surface area contributed by atoms with E-state index in [4.69, 9.17) is 9.47 Å². The van der Waals surface area contributed by atoms with Gasteiger partial charge in [-0.25, -0.2) is 4.98 Å². The van der Waals surface area contributed by atoms with Gasteiger partial charge in [0.1, 0.15) is 11.4 Å². The predicted octanol–water partition coefficient (Wildman–Crippen LogP) is 2.23. The predicted molar refractivity (Wildman–Crippen MR) is 89.2 cm³/mol. The van der Waals surface area contributed by atoms with E-state index in [1.165, 1.54) is 4.68 Å². The molecule has 1 aromatic heterocycles. The van der Waals surface area contributed by atoms with Gasteiger partial charge in [0.15, 0.2) is 0 Å². The summed E-state index contributed by atoms with van der Waals surface area (Å²) in [6.07, 6.45) is 3.31. The number of pyridine rings is 2. The van der Waals surface area contributed by atoms with Crippen LogP contribution in [0.5, 0.6) is 11.6 Å². The monoisotopic (exact) mass is 322 g/mol. The number of H-pyrrole nitrogens is 1. The normalized spacial score (nSPS) is 11.1. The van der Waals surface area contributed by atoms with Crippen molar-refractivity contribution >= 4 is 10.9 Å². The number of rotatable bonds is 3. The molecule has 0 bridgehead atoms. The van der Waals surface area contributed by atoms with Crippen molar-refractivity contribution in [1.29, 1.82) is 0 Å². The van der Waals surface area contributed by atoms with Gasteiger partial charge in [0.2, 0.25) is 5.88 Å². The topological polar surface area (TPSA) is 82.0 Å². The van der Waals surface area contributed by atoms with Gasteiger partial charge in [-0.2, -0.15) is 9.78 Å². The number of aromatic amines is 1. The molecule has 2 aliphatic rings. The van der Waals surface area contributed by atoms with E-state index in [1.54, 1.807) is 56.9 Å². The van der Waals surface area contributed by atoms with Crippen molar-refractivity contribution in [3.63, 3.8) is 0 Å². The summed E-state index contributed by atoms with van der Waals surface area (Å²) in [6, 6.07) is 8.93. The van der Waals surface area contributed by atoms with E-state index >= 15 is 0 Å². The van der Waals surface area contributed by atoms with E-state index in [9.17, 15) is 4.79 Å². The molecule has 7 nitrogen and oxygen atoms in total. The highest BCUT2D eigenvalue weighted by molar-refractivity contribution is 5.93. The molecule has 0 unspecified atom stereocenters. The van der Waals surface area contributed by atoms with Crippen LogP contribution in [0.2, 0.25) is 0 Å². The van der Waals surface area contributed by atoms with E-state index in [1.807, 2.05) is 0 Å². The second-order valence-corrected chi connectivity index (χ2v) is 5.24. The van der Waals surface area contributed by atoms with Crippen molar-refractivity contribution in [3.8, 4) is 28.6 Å². The van der Waals surface area contributed by atoms with Gasteiger partial charge >= 0.3 is 0 Å². The van der Waals surface area contributed by atoms with Crippen LogP contribution in [0.25, 0.3) is 27.8 Å². The number of hydrogen-bond donors (Lipinski definition) is 1. The fraction of sp³-hybridized carbons (Fsp3) is 0.118. The number of aromatic nitrogens is 4. The van der Waals surface area contributed by atoms with E-state index in [2.05, 4.69) is 15.1 Å². The largest absolute Gasteiger partial charge is 0.497 e. The van der Waals surface area contributed by atoms with E-state index in [-0.39, 0.29) is 5.56 Å². The zero-order chi connectivity index (χ0) is 16.7. The summed E-state index contributed by atoms with van der Waals surface area (Å²) in [5.41, 5.74) is 2.38. The summed E-state index contributed by atoms with van der Waals surface area (Å²) in [5, 5.41) is 5.25. The summed E-state index contributed by atoms with van der Waals surface area (Å²) < 4.78 is 11.6. The van der Waals surface area contributed by atoms with E-state index in [0.29, 0.717) is 22.8 Å². The Morgan fingerprint density at radius 1 is 1.12 bits per heavy atom. The van der Waals surface area contributed by atoms with Crippen molar-refractivity contribution < 1.29 is 9.47 Å². The number of methoxy groups -OCH3 is 2. The maximum Gasteiger partial charge on any atom is 0.282 e. The molecule has 1 N–H and O–H groups in total. The maximum absolute atomic E-state index is 12.7. The summed E-state index contributed by atoms with van der Waals surface area (Å²) in [6.45, 7) is 0. The van der Waals surface area contributed by atoms with Gasteiger partial charge in [-0.05, 0) is 24.3 Å². The van der Waals surface area contributed by atoms with Crippen LogP contribution in [0, 0.1) is 0 Å². The molecule has 0 radical (unpaired) electrons. The molecular weight excluding hydrogens is 308 g/mol. The smallest absolute Gasteiger partial charge is 0.282 e. The third-order valence-corrected chi connectivity index (χ3v) is 3.91. The minimum atomic E-state index is -0.191. The van der Waals surface area contributed by atoms with Crippen molar-refractivity contribution in [2.45, 2.75) is 0 Å². The van der Waals surface area contributed by atoms with Crippen LogP contribution in [-0.4, -0.2) is 34.0 Å². The molecule has 2 aliphatic heterocycles. The lowest BCUT2D eigenvalue weighted by atomic mass is 10.1. The quantitative estimate of drug-likeness (QED) is 0.625. The number of benzene rings is 1. The summed E-state index contributed by atoms with van der Waals surface area (Å²) in [5.74, 6) is 1.22. The fourth-order valence-corrected chi connectivity index (χ4v) is 2.65. The lowest BCUT2D eigenvalue weighted by molar-refractivity contribution is 0.398. The molecule has 0 saturated heterocycles. The van der Waals surface area contributed by atoms with Crippen LogP contribution < -0.4 is 15.0 Å². The molecule has 0 aliphatic carbocycles. The van der Waals surface area contributed by atoms with Crippen LogP contribution in [0.1, 0.15) is 0 Å². The van der Waals surface area contributed by atoms with E-state index in [0.717, 1.165) is 16.7 Å². The van der Waals surface area contributed by atoms with Crippen molar-refractivity contribution in [2.24, 2.45) is 0 Å². The van der Waals surface area contributed by atoms with Gasteiger partial charge in [0, 0.05) is 23.8 Å². The number of nitrogens with one attached hydrogen (secondary N) is 1. The molecule has 0 amide bonds. The molecule has 24 heavy (non-hydrogen) atoms. The Bertz CT molecular complexity index is 1050. The Morgan fingerprint density at radius 2 is 1.92 bits per heavy atom. The number of ether oxygens (including phenoxy) is 2. The van der Waals surface area contributed by atoms with Gasteiger partial charge < -0.3 is 14.5 Å². The third-order valence-electron chi connectivity index (χ3n) is 3.91. The molecule has 2 aromatic rings. The zero-order valence-electron chi connectivity index (χ0n) is 13.1. The Hall–Kier alpha value is -3.35. The Balaban J connectivity index is 1.94. The molecular formula is C17H14N4O3. The molecule has 4 rings (SSSR count). The highest BCUT2D eigenvalue weighted by Gasteiger charge is 2.19. The highest BCUT2D eigenvalue weighted by Crippen LogP contribution is 2.27. The molecule has 3 heterocycles. The fourth-order valence-electron chi connectivity index (χ4n) is 2.65. The summed E-state index contributed by atoms with van der Waals surface area (Å²) in [4.78, 5) is 20.0. The maximum atomic E-state index is 12.7. The van der Waals surface area contributed by atoms with Gasteiger partial charge in [-0.15, -0.1) is 0 Å². The molecule has 1 aromatic carbocycles. The molecule has 0 atom stereocenters. The first-order valence-corrected chi connectivity index (χ1v) is 7.30. The average Bonchev–Trinajstić information content (AvgIpc) is 2.98. The van der Waals surface area contributed by atoms with Crippen LogP contribution in [-0.2, 0) is 0 Å². The third kappa shape index (κ3) is 2.10. The first kappa shape index (κ1) is 14.3. The number of fused-ring (bicyclic) bond motifs is 3. The molecule has 0 spiro atoms. The lowest BCUT2D eigenvalue weighted by Gasteiger charge is -2.04. The Kier molecular flexibility index (Phi) is 3.19. The van der Waals surface area contributed by atoms with Crippen molar-refractivity contribution in [3.05, 3.63) is 53.1 Å². The molecule has 120 valence electrons. The SMILES string of the molecule is COc1ccc(-n2nc3c4cnc(OC)cc4[nH]cc-3c2=O)cc1. The number of hydrogen-bond acceptors (Lipinski definition) is 5. The summed E-state index contributed by atoms with van der Waals surface area (Å²) >= 11 is 0. The minimum Gasteiger partial charge on any atom is -0.497 e. The summed E-state index contributed by atoms with van der Waals surface area (Å²) in [7, 11) is 3.15. The average molecular weight is 322 g/mol. The second-order valence-electron chi connectivity index (χ2n) is 5.24. The standard InChI is InChI=1S/C17H14N4O3/c1-23-11-5-3-10(4-6-11)21-17(22)13-9-18-14-7-15(24-2)19-8-12(14)16(13)20-21/h3-9,18H,1-2H3. The van der Waals surface area contributed by atoms with Crippen molar-refractivity contribution in [1.82, 2.24) is 19.7 Å². The lowest BCUT2D eigenvalue weighted by Crippen LogP contribution is -2.14. The Morgan fingerprint density at radius 3 is 2.62 bits per heavy atom. The van der Waals surface area contributed by atoms with Gasteiger partial charge in [0.25, 0.3) is 5.56 Å².